The van der Waals surface area contributed by atoms with Gasteiger partial charge in [-0.25, -0.2) is 30.5 Å². The Morgan fingerprint density at radius 2 is 1.09 bits per heavy atom. The molecule has 6 heteroatoms. The van der Waals surface area contributed by atoms with Crippen LogP contribution in [0.4, 0.5) is 9.59 Å². The van der Waals surface area contributed by atoms with Crippen molar-refractivity contribution in [2.45, 2.75) is 13.1 Å². The molecule has 3 rings (SSSR count). The summed E-state index contributed by atoms with van der Waals surface area (Å²) in [7, 11) is 0. The van der Waals surface area contributed by atoms with Crippen LogP contribution in [0.5, 0.6) is 0 Å². The fraction of sp³-hybridized carbons (Fsp3) is 0.125. The van der Waals surface area contributed by atoms with Gasteiger partial charge in [0.05, 0.1) is 13.1 Å². The van der Waals surface area contributed by atoms with E-state index < -0.39 is 6.03 Å². The van der Waals surface area contributed by atoms with Crippen LogP contribution in [-0.2, 0) is 13.1 Å². The number of nitrogens with zero attached hydrogens (tertiary/aromatic N) is 2. The van der Waals surface area contributed by atoms with Crippen molar-refractivity contribution in [1.82, 2.24) is 20.9 Å². The zero-order chi connectivity index (χ0) is 15.4. The summed E-state index contributed by atoms with van der Waals surface area (Å²) in [6.45, 7) is 0.636. The van der Waals surface area contributed by atoms with Gasteiger partial charge in [-0.3, -0.25) is 0 Å². The number of benzene rings is 2. The second-order valence-corrected chi connectivity index (χ2v) is 4.98. The smallest absolute Gasteiger partial charge is 0.245 e. The average molecular weight is 296 g/mol. The molecule has 2 N–H and O–H groups in total. The summed E-state index contributed by atoms with van der Waals surface area (Å²) in [5.41, 5.74) is 6.93. The minimum atomic E-state index is -0.425. The molecule has 1 saturated heterocycles. The molecule has 1 heterocycles. The lowest BCUT2D eigenvalue weighted by Gasteiger charge is -2.35. The van der Waals surface area contributed by atoms with E-state index in [1.54, 1.807) is 0 Å². The zero-order valence-electron chi connectivity index (χ0n) is 11.9. The van der Waals surface area contributed by atoms with Gasteiger partial charge in [0.1, 0.15) is 0 Å². The van der Waals surface area contributed by atoms with Gasteiger partial charge in [0.25, 0.3) is 0 Å². The lowest BCUT2D eigenvalue weighted by atomic mass is 10.2. The molecule has 0 aromatic heterocycles. The Hall–Kier alpha value is -3.02. The fourth-order valence-corrected chi connectivity index (χ4v) is 2.26. The molecule has 0 aliphatic carbocycles. The predicted molar refractivity (Wildman–Crippen MR) is 81.0 cm³/mol. The Labute approximate surface area is 128 Å². The molecule has 0 bridgehead atoms. The van der Waals surface area contributed by atoms with Crippen LogP contribution in [0.15, 0.2) is 60.7 Å². The van der Waals surface area contributed by atoms with Gasteiger partial charge in [-0.1, -0.05) is 60.7 Å². The number of hydrogen-bond acceptors (Lipinski definition) is 2. The summed E-state index contributed by atoms with van der Waals surface area (Å²) >= 11 is 0. The molecule has 1 aliphatic heterocycles. The predicted octanol–water partition coefficient (Wildman–Crippen LogP) is 2.25. The average Bonchev–Trinajstić information content (AvgIpc) is 2.54. The highest BCUT2D eigenvalue weighted by molar-refractivity contribution is 5.85. The molecule has 4 amide bonds. The molecule has 0 spiro atoms. The molecule has 2 aromatic rings. The van der Waals surface area contributed by atoms with Gasteiger partial charge >= 0.3 is 12.1 Å². The van der Waals surface area contributed by atoms with Crippen LogP contribution in [0.2, 0.25) is 0 Å². The zero-order valence-corrected chi connectivity index (χ0v) is 11.9. The van der Waals surface area contributed by atoms with Crippen LogP contribution in [-0.4, -0.2) is 22.1 Å². The molecule has 0 radical (unpaired) electrons. The van der Waals surface area contributed by atoms with Crippen molar-refractivity contribution >= 4 is 12.1 Å². The third-order valence-corrected chi connectivity index (χ3v) is 3.30. The summed E-state index contributed by atoms with van der Waals surface area (Å²) in [5.74, 6) is 0. The molecule has 1 fully saturated rings. The Balaban J connectivity index is 1.72. The van der Waals surface area contributed by atoms with Gasteiger partial charge in [-0.2, -0.15) is 0 Å². The molecule has 22 heavy (non-hydrogen) atoms. The number of carbonyl (C=O) groups is 2. The topological polar surface area (TPSA) is 64.7 Å². The standard InChI is InChI=1S/C16H16N4O2/c21-15-17-19(11-13-7-3-1-4-8-13)16(22)20(18-15)12-14-9-5-2-6-10-14/h1-10H,11-12H2,(H2,17,18,21). The number of urea groups is 2. The largest absolute Gasteiger partial charge is 0.358 e. The SMILES string of the molecule is O=C1NN(Cc2ccccc2)C(=O)N(Cc2ccccc2)N1. The molecule has 0 saturated carbocycles. The van der Waals surface area contributed by atoms with Crippen molar-refractivity contribution in [3.8, 4) is 0 Å². The molecule has 2 aromatic carbocycles. The first-order valence-electron chi connectivity index (χ1n) is 6.96. The normalized spacial score (nSPS) is 14.5. The fourth-order valence-electron chi connectivity index (χ4n) is 2.26. The third-order valence-electron chi connectivity index (χ3n) is 3.30. The van der Waals surface area contributed by atoms with E-state index in [4.69, 9.17) is 0 Å². The van der Waals surface area contributed by atoms with Crippen molar-refractivity contribution in [2.75, 3.05) is 0 Å². The maximum absolute atomic E-state index is 12.5. The van der Waals surface area contributed by atoms with E-state index in [-0.39, 0.29) is 6.03 Å². The second kappa shape index (κ2) is 6.17. The Kier molecular flexibility index (Phi) is 3.91. The number of carbonyl (C=O) groups excluding carboxylic acids is 2. The third kappa shape index (κ3) is 3.17. The molecule has 1 aliphatic rings. The Morgan fingerprint density at radius 1 is 0.682 bits per heavy atom. The van der Waals surface area contributed by atoms with E-state index in [1.807, 2.05) is 60.7 Å². The van der Waals surface area contributed by atoms with Gasteiger partial charge in [0.2, 0.25) is 0 Å². The summed E-state index contributed by atoms with van der Waals surface area (Å²) < 4.78 is 0. The van der Waals surface area contributed by atoms with E-state index in [1.165, 1.54) is 10.0 Å². The number of hydrogen-bond donors (Lipinski definition) is 2. The molecule has 112 valence electrons. The van der Waals surface area contributed by atoms with E-state index >= 15 is 0 Å². The maximum Gasteiger partial charge on any atom is 0.358 e. The lowest BCUT2D eigenvalue weighted by molar-refractivity contribution is 0.0808. The number of nitrogens with one attached hydrogen (secondary N) is 2. The van der Waals surface area contributed by atoms with Gasteiger partial charge in [-0.05, 0) is 11.1 Å². The number of rotatable bonds is 4. The highest BCUT2D eigenvalue weighted by Crippen LogP contribution is 2.10. The highest BCUT2D eigenvalue weighted by Gasteiger charge is 2.29. The first-order valence-corrected chi connectivity index (χ1v) is 6.96. The maximum atomic E-state index is 12.5. The minimum Gasteiger partial charge on any atom is -0.245 e. The summed E-state index contributed by atoms with van der Waals surface area (Å²) in [5, 5.41) is 2.61. The van der Waals surface area contributed by atoms with Gasteiger partial charge in [-0.15, -0.1) is 0 Å². The molecule has 0 unspecified atom stereocenters. The van der Waals surface area contributed by atoms with Crippen molar-refractivity contribution in [3.63, 3.8) is 0 Å². The Morgan fingerprint density at radius 3 is 1.50 bits per heavy atom. The highest BCUT2D eigenvalue weighted by atomic mass is 16.2. The first kappa shape index (κ1) is 13.9. The summed E-state index contributed by atoms with van der Waals surface area (Å²) in [4.78, 5) is 24.2. The quantitative estimate of drug-likeness (QED) is 0.909. The van der Waals surface area contributed by atoms with E-state index in [0.29, 0.717) is 13.1 Å². The number of hydrazine groups is 2. The second-order valence-electron chi connectivity index (χ2n) is 4.98. The molecular weight excluding hydrogens is 280 g/mol. The van der Waals surface area contributed by atoms with Crippen molar-refractivity contribution in [2.24, 2.45) is 0 Å². The van der Waals surface area contributed by atoms with E-state index in [2.05, 4.69) is 10.9 Å². The van der Waals surface area contributed by atoms with E-state index in [0.717, 1.165) is 11.1 Å². The van der Waals surface area contributed by atoms with Gasteiger partial charge in [0.15, 0.2) is 0 Å². The van der Waals surface area contributed by atoms with Crippen LogP contribution in [0.25, 0.3) is 0 Å². The van der Waals surface area contributed by atoms with Crippen molar-refractivity contribution in [3.05, 3.63) is 71.8 Å². The molecule has 0 atom stereocenters. The molecule has 6 nitrogen and oxygen atoms in total. The number of amides is 4. The van der Waals surface area contributed by atoms with Crippen LogP contribution in [0.1, 0.15) is 11.1 Å². The van der Waals surface area contributed by atoms with Crippen molar-refractivity contribution < 1.29 is 9.59 Å². The Bertz CT molecular complexity index is 605. The summed E-state index contributed by atoms with van der Waals surface area (Å²) in [6, 6.07) is 18.3. The van der Waals surface area contributed by atoms with E-state index in [9.17, 15) is 9.59 Å². The first-order chi connectivity index (χ1) is 10.7. The van der Waals surface area contributed by atoms with Crippen LogP contribution in [0, 0.1) is 0 Å². The monoisotopic (exact) mass is 296 g/mol. The summed E-state index contributed by atoms with van der Waals surface area (Å²) in [6.07, 6.45) is 0. The van der Waals surface area contributed by atoms with Gasteiger partial charge < -0.3 is 0 Å². The van der Waals surface area contributed by atoms with Gasteiger partial charge in [0, 0.05) is 0 Å². The van der Waals surface area contributed by atoms with Crippen LogP contribution < -0.4 is 10.9 Å². The lowest BCUT2D eigenvalue weighted by Crippen LogP contribution is -2.65. The van der Waals surface area contributed by atoms with Crippen molar-refractivity contribution in [1.29, 1.82) is 0 Å². The van der Waals surface area contributed by atoms with Crippen LogP contribution >= 0.6 is 0 Å². The minimum absolute atomic E-state index is 0.299. The molecular formula is C16H16N4O2. The van der Waals surface area contributed by atoms with Crippen LogP contribution in [0.3, 0.4) is 0 Å².